The zero-order valence-corrected chi connectivity index (χ0v) is 15.2. The van der Waals surface area contributed by atoms with Gasteiger partial charge in [-0.1, -0.05) is 6.07 Å². The monoisotopic (exact) mass is 371 g/mol. The van der Waals surface area contributed by atoms with Crippen molar-refractivity contribution in [1.29, 1.82) is 0 Å². The van der Waals surface area contributed by atoms with Crippen LogP contribution < -0.4 is 10.2 Å². The molecular weight excluding hydrogens is 349 g/mol. The van der Waals surface area contributed by atoms with E-state index < -0.39 is 0 Å². The highest BCUT2D eigenvalue weighted by Crippen LogP contribution is 2.18. The molecule has 27 heavy (non-hydrogen) atoms. The molecule has 1 N–H and O–H groups in total. The lowest BCUT2D eigenvalue weighted by Gasteiger charge is -2.36. The van der Waals surface area contributed by atoms with E-state index in [1.54, 1.807) is 36.1 Å². The minimum absolute atomic E-state index is 0.238. The van der Waals surface area contributed by atoms with Crippen molar-refractivity contribution < 1.29 is 18.7 Å². The van der Waals surface area contributed by atoms with Gasteiger partial charge in [0.1, 0.15) is 5.82 Å². The Morgan fingerprint density at radius 1 is 1.07 bits per heavy atom. The number of benzene rings is 2. The fourth-order valence-corrected chi connectivity index (χ4v) is 2.96. The highest BCUT2D eigenvalue weighted by Gasteiger charge is 2.21. The van der Waals surface area contributed by atoms with Crippen LogP contribution in [0.3, 0.4) is 0 Å². The summed E-state index contributed by atoms with van der Waals surface area (Å²) >= 11 is 0. The molecule has 2 amide bonds. The van der Waals surface area contributed by atoms with Gasteiger partial charge in [0.25, 0.3) is 0 Å². The normalized spacial score (nSPS) is 14.0. The van der Waals surface area contributed by atoms with Gasteiger partial charge in [-0.15, -0.1) is 0 Å². The van der Waals surface area contributed by atoms with Gasteiger partial charge < -0.3 is 19.9 Å². The molecule has 0 unspecified atom stereocenters. The summed E-state index contributed by atoms with van der Waals surface area (Å²) in [6, 6.07) is 12.9. The number of carbonyl (C=O) groups excluding carboxylic acids is 2. The number of rotatable bonds is 4. The Kier molecular flexibility index (Phi) is 5.90. The van der Waals surface area contributed by atoms with Crippen LogP contribution in [0.25, 0.3) is 0 Å². The van der Waals surface area contributed by atoms with Crippen LogP contribution in [0, 0.1) is 5.82 Å². The Balaban J connectivity index is 1.54. The van der Waals surface area contributed by atoms with Crippen LogP contribution in [0.4, 0.5) is 20.6 Å². The summed E-state index contributed by atoms with van der Waals surface area (Å²) < 4.78 is 18.2. The number of amides is 2. The summed E-state index contributed by atoms with van der Waals surface area (Å²) in [4.78, 5) is 27.9. The van der Waals surface area contributed by atoms with E-state index in [2.05, 4.69) is 10.2 Å². The van der Waals surface area contributed by atoms with Crippen LogP contribution in [0.15, 0.2) is 48.5 Å². The first kappa shape index (κ1) is 18.7. The molecular formula is C20H22FN3O3. The average Bonchev–Trinajstić information content (AvgIpc) is 2.68. The van der Waals surface area contributed by atoms with E-state index in [0.717, 1.165) is 5.69 Å². The Labute approximate surface area is 157 Å². The first-order valence-electron chi connectivity index (χ1n) is 8.90. The minimum Gasteiger partial charge on any atom is -0.462 e. The van der Waals surface area contributed by atoms with Crippen LogP contribution in [0.1, 0.15) is 17.3 Å². The van der Waals surface area contributed by atoms with Crippen molar-refractivity contribution in [3.8, 4) is 0 Å². The van der Waals surface area contributed by atoms with Crippen molar-refractivity contribution in [1.82, 2.24) is 4.90 Å². The molecule has 1 aliphatic rings. The summed E-state index contributed by atoms with van der Waals surface area (Å²) in [7, 11) is 0. The fraction of sp³-hybridized carbons (Fsp3) is 0.300. The number of nitrogens with zero attached hydrogens (tertiary/aromatic N) is 2. The van der Waals surface area contributed by atoms with Crippen molar-refractivity contribution in [3.05, 3.63) is 59.9 Å². The zero-order chi connectivity index (χ0) is 19.2. The van der Waals surface area contributed by atoms with Crippen molar-refractivity contribution in [2.45, 2.75) is 6.92 Å². The lowest BCUT2D eigenvalue weighted by Crippen LogP contribution is -2.50. The van der Waals surface area contributed by atoms with E-state index in [1.807, 2.05) is 12.1 Å². The molecule has 2 aromatic rings. The molecule has 0 spiro atoms. The van der Waals surface area contributed by atoms with Crippen LogP contribution in [0.2, 0.25) is 0 Å². The predicted molar refractivity (Wildman–Crippen MR) is 102 cm³/mol. The fourth-order valence-electron chi connectivity index (χ4n) is 2.96. The van der Waals surface area contributed by atoms with Gasteiger partial charge in [0, 0.05) is 37.6 Å². The maximum absolute atomic E-state index is 13.2. The molecule has 6 nitrogen and oxygen atoms in total. The molecule has 1 aliphatic heterocycles. The number of hydrogen-bond donors (Lipinski definition) is 1. The van der Waals surface area contributed by atoms with Gasteiger partial charge in [0.15, 0.2) is 0 Å². The van der Waals surface area contributed by atoms with Gasteiger partial charge in [-0.05, 0) is 49.4 Å². The Morgan fingerprint density at radius 3 is 2.41 bits per heavy atom. The van der Waals surface area contributed by atoms with E-state index in [-0.39, 0.29) is 17.8 Å². The average molecular weight is 371 g/mol. The molecule has 1 saturated heterocycles. The second kappa shape index (κ2) is 8.53. The molecule has 0 aromatic heterocycles. The SMILES string of the molecule is CCOC(=O)c1ccc(N2CCN(C(=O)Nc3cccc(F)c3)CC2)cc1. The van der Waals surface area contributed by atoms with Crippen LogP contribution >= 0.6 is 0 Å². The summed E-state index contributed by atoms with van der Waals surface area (Å²) in [6.45, 7) is 4.59. The number of hydrogen-bond acceptors (Lipinski definition) is 4. The van der Waals surface area contributed by atoms with E-state index in [9.17, 15) is 14.0 Å². The molecule has 0 bridgehead atoms. The number of anilines is 2. The molecule has 2 aromatic carbocycles. The van der Waals surface area contributed by atoms with E-state index in [1.165, 1.54) is 12.1 Å². The predicted octanol–water partition coefficient (Wildman–Crippen LogP) is 3.36. The second-order valence-corrected chi connectivity index (χ2v) is 6.18. The summed E-state index contributed by atoms with van der Waals surface area (Å²) in [5.41, 5.74) is 1.96. The van der Waals surface area contributed by atoms with Gasteiger partial charge in [0.05, 0.1) is 12.2 Å². The molecule has 0 saturated carbocycles. The molecule has 3 rings (SSSR count). The maximum Gasteiger partial charge on any atom is 0.338 e. The van der Waals surface area contributed by atoms with Gasteiger partial charge in [0.2, 0.25) is 0 Å². The number of esters is 1. The smallest absolute Gasteiger partial charge is 0.338 e. The van der Waals surface area contributed by atoms with Crippen molar-refractivity contribution >= 4 is 23.4 Å². The highest BCUT2D eigenvalue weighted by molar-refractivity contribution is 5.90. The van der Waals surface area contributed by atoms with Crippen molar-refractivity contribution in [2.75, 3.05) is 43.0 Å². The van der Waals surface area contributed by atoms with Crippen molar-refractivity contribution in [2.24, 2.45) is 0 Å². The summed E-state index contributed by atoms with van der Waals surface area (Å²) in [5.74, 6) is -0.716. The molecule has 7 heteroatoms. The number of carbonyl (C=O) groups is 2. The van der Waals surface area contributed by atoms with E-state index in [0.29, 0.717) is 44.0 Å². The van der Waals surface area contributed by atoms with Gasteiger partial charge in [-0.3, -0.25) is 0 Å². The number of piperazine rings is 1. The minimum atomic E-state index is -0.385. The van der Waals surface area contributed by atoms with Crippen LogP contribution in [-0.2, 0) is 4.74 Å². The van der Waals surface area contributed by atoms with E-state index >= 15 is 0 Å². The third-order valence-corrected chi connectivity index (χ3v) is 4.39. The number of halogens is 1. The third kappa shape index (κ3) is 4.75. The Hall–Kier alpha value is -3.09. The van der Waals surface area contributed by atoms with Gasteiger partial charge in [-0.25, -0.2) is 14.0 Å². The Morgan fingerprint density at radius 2 is 1.78 bits per heavy atom. The molecule has 1 heterocycles. The first-order chi connectivity index (χ1) is 13.1. The molecule has 0 atom stereocenters. The summed E-state index contributed by atoms with van der Waals surface area (Å²) in [6.07, 6.45) is 0. The molecule has 0 aliphatic carbocycles. The van der Waals surface area contributed by atoms with Gasteiger partial charge in [-0.2, -0.15) is 0 Å². The highest BCUT2D eigenvalue weighted by atomic mass is 19.1. The lowest BCUT2D eigenvalue weighted by molar-refractivity contribution is 0.0526. The number of ether oxygens (including phenoxy) is 1. The summed E-state index contributed by atoms with van der Waals surface area (Å²) in [5, 5.41) is 2.72. The number of urea groups is 1. The zero-order valence-electron chi connectivity index (χ0n) is 15.2. The molecule has 1 fully saturated rings. The standard InChI is InChI=1S/C20H22FN3O3/c1-2-27-19(25)15-6-8-18(9-7-15)23-10-12-24(13-11-23)20(26)22-17-5-3-4-16(21)14-17/h3-9,14H,2,10-13H2,1H3,(H,22,26). The van der Waals surface area contributed by atoms with Crippen LogP contribution in [-0.4, -0.2) is 49.7 Å². The lowest BCUT2D eigenvalue weighted by atomic mass is 10.2. The van der Waals surface area contributed by atoms with Crippen LogP contribution in [0.5, 0.6) is 0 Å². The number of nitrogens with one attached hydrogen (secondary N) is 1. The Bertz CT molecular complexity index is 802. The first-order valence-corrected chi connectivity index (χ1v) is 8.90. The topological polar surface area (TPSA) is 61.9 Å². The second-order valence-electron chi connectivity index (χ2n) is 6.18. The quantitative estimate of drug-likeness (QED) is 0.838. The molecule has 142 valence electrons. The maximum atomic E-state index is 13.2. The third-order valence-electron chi connectivity index (χ3n) is 4.39. The largest absolute Gasteiger partial charge is 0.462 e. The van der Waals surface area contributed by atoms with E-state index in [4.69, 9.17) is 4.74 Å². The molecule has 0 radical (unpaired) electrons. The van der Waals surface area contributed by atoms with Crippen molar-refractivity contribution in [3.63, 3.8) is 0 Å². The van der Waals surface area contributed by atoms with Gasteiger partial charge >= 0.3 is 12.0 Å².